The summed E-state index contributed by atoms with van der Waals surface area (Å²) in [6.45, 7) is 16.1. The average molecular weight is 798 g/mol. The first-order chi connectivity index (χ1) is 25.5. The summed E-state index contributed by atoms with van der Waals surface area (Å²) in [5.74, 6) is -5.20. The zero-order valence-electron chi connectivity index (χ0n) is 33.1. The SMILES string of the molecule is CCCCCCC(=Nc1cc(C)cc(C)c1)C(CCCC)=Nc1cc(C)cc(C)c1.Cc1ccc(O)c(O)c1C(=O)[O-].Cc1ccc(O)c(O)c1C(=O)[O-].[Ni+2]. The number of carbonyl (C=O) groups is 2. The van der Waals surface area contributed by atoms with Gasteiger partial charge in [0.15, 0.2) is 23.0 Å². The summed E-state index contributed by atoms with van der Waals surface area (Å²) in [6.07, 6.45) is 9.27. The van der Waals surface area contributed by atoms with Crippen molar-refractivity contribution in [3.8, 4) is 23.0 Å². The van der Waals surface area contributed by atoms with Crippen LogP contribution in [0.25, 0.3) is 0 Å². The fourth-order valence-electron chi connectivity index (χ4n) is 5.81. The molecule has 0 amide bonds. The molecule has 298 valence electrons. The smallest absolute Gasteiger partial charge is 0.545 e. The van der Waals surface area contributed by atoms with Crippen LogP contribution in [-0.2, 0) is 16.5 Å². The van der Waals surface area contributed by atoms with Gasteiger partial charge < -0.3 is 40.2 Å². The van der Waals surface area contributed by atoms with Crippen molar-refractivity contribution in [2.24, 2.45) is 9.98 Å². The molecule has 10 nitrogen and oxygen atoms in total. The number of benzene rings is 4. The van der Waals surface area contributed by atoms with Crippen LogP contribution in [0.4, 0.5) is 11.4 Å². The maximum atomic E-state index is 10.4. The number of nitrogens with zero attached hydrogens (tertiary/aromatic N) is 2. The van der Waals surface area contributed by atoms with Crippen molar-refractivity contribution in [3.63, 3.8) is 0 Å². The predicted octanol–water partition coefficient (Wildman–Crippen LogP) is 8.46. The summed E-state index contributed by atoms with van der Waals surface area (Å²) < 4.78 is 0. The molecule has 0 bridgehead atoms. The average Bonchev–Trinajstić information content (AvgIpc) is 3.07. The molecule has 4 aromatic rings. The van der Waals surface area contributed by atoms with Crippen LogP contribution >= 0.6 is 0 Å². The second kappa shape index (κ2) is 23.6. The molecule has 0 spiro atoms. The first-order valence-corrected chi connectivity index (χ1v) is 18.3. The Morgan fingerprint density at radius 1 is 0.527 bits per heavy atom. The molecule has 0 aliphatic carbocycles. The molecule has 0 saturated heterocycles. The fraction of sp³-hybridized carbons (Fsp3) is 0.364. The normalized spacial score (nSPS) is 11.1. The van der Waals surface area contributed by atoms with Crippen molar-refractivity contribution in [1.29, 1.82) is 0 Å². The topological polar surface area (TPSA) is 186 Å². The van der Waals surface area contributed by atoms with E-state index < -0.39 is 34.9 Å². The summed E-state index contributed by atoms with van der Waals surface area (Å²) >= 11 is 0. The molecule has 0 radical (unpaired) electrons. The predicted molar refractivity (Wildman–Crippen MR) is 212 cm³/mol. The maximum Gasteiger partial charge on any atom is 2.00 e. The molecule has 0 heterocycles. The van der Waals surface area contributed by atoms with Crippen molar-refractivity contribution < 1.29 is 56.7 Å². The standard InChI is InChI=1S/C28H40N2.2C8H8O4.Ni/c1-7-9-11-12-14-28(30-26-19-23(5)16-24(6)20-26)27(13-10-8-2)29-25-17-21(3)15-22(4)18-25;2*1-4-2-3-5(9)7(10)6(4)8(11)12;/h15-20H,7-14H2,1-6H3;2*2-3,9-10H,1H3,(H,11,12);/q;;;+2/p-2. The van der Waals surface area contributed by atoms with E-state index in [1.807, 2.05) is 0 Å². The summed E-state index contributed by atoms with van der Waals surface area (Å²) in [7, 11) is 0. The van der Waals surface area contributed by atoms with Crippen molar-refractivity contribution in [1.82, 2.24) is 0 Å². The number of carbonyl (C=O) groups excluding carboxylic acids is 2. The van der Waals surface area contributed by atoms with Crippen LogP contribution in [0, 0.1) is 41.5 Å². The molecular weight excluding hydrogens is 743 g/mol. The van der Waals surface area contributed by atoms with Gasteiger partial charge in [-0.3, -0.25) is 9.98 Å². The van der Waals surface area contributed by atoms with Crippen LogP contribution in [0.3, 0.4) is 0 Å². The summed E-state index contributed by atoms with van der Waals surface area (Å²) in [5.41, 5.74) is 9.48. The molecule has 0 fully saturated rings. The van der Waals surface area contributed by atoms with Crippen molar-refractivity contribution in [2.45, 2.75) is 107 Å². The van der Waals surface area contributed by atoms with E-state index in [4.69, 9.17) is 30.4 Å². The minimum absolute atomic E-state index is 0. The van der Waals surface area contributed by atoms with E-state index in [2.05, 4.69) is 77.9 Å². The van der Waals surface area contributed by atoms with E-state index in [0.717, 1.165) is 36.3 Å². The third-order valence-electron chi connectivity index (χ3n) is 8.45. The van der Waals surface area contributed by atoms with Crippen LogP contribution in [0.5, 0.6) is 23.0 Å². The largest absolute Gasteiger partial charge is 2.00 e. The van der Waals surface area contributed by atoms with Gasteiger partial charge in [-0.2, -0.15) is 0 Å². The Kier molecular flexibility index (Phi) is 20.5. The molecule has 55 heavy (non-hydrogen) atoms. The zero-order valence-corrected chi connectivity index (χ0v) is 34.1. The number of unbranched alkanes of at least 4 members (excludes halogenated alkanes) is 4. The van der Waals surface area contributed by atoms with Crippen molar-refractivity contribution in [2.75, 3.05) is 0 Å². The van der Waals surface area contributed by atoms with E-state index in [9.17, 15) is 19.8 Å². The molecule has 0 saturated carbocycles. The van der Waals surface area contributed by atoms with Gasteiger partial charge in [0.2, 0.25) is 0 Å². The number of aromatic carboxylic acids is 2. The van der Waals surface area contributed by atoms with Crippen molar-refractivity contribution in [3.05, 3.63) is 105 Å². The zero-order chi connectivity index (χ0) is 40.5. The first-order valence-electron chi connectivity index (χ1n) is 18.3. The molecule has 11 heteroatoms. The van der Waals surface area contributed by atoms with Gasteiger partial charge in [-0.1, -0.05) is 63.8 Å². The summed E-state index contributed by atoms with van der Waals surface area (Å²) in [6, 6.07) is 18.4. The van der Waals surface area contributed by atoms with Gasteiger partial charge in [0, 0.05) is 11.1 Å². The molecule has 4 aromatic carbocycles. The fourth-order valence-corrected chi connectivity index (χ4v) is 5.81. The Morgan fingerprint density at radius 3 is 1.18 bits per heavy atom. The van der Waals surface area contributed by atoms with Gasteiger partial charge in [-0.15, -0.1) is 0 Å². The second-order valence-corrected chi connectivity index (χ2v) is 13.5. The monoisotopic (exact) mass is 796 g/mol. The number of phenolic OH excluding ortho intramolecular Hbond substituents is 2. The van der Waals surface area contributed by atoms with E-state index in [0.29, 0.717) is 11.1 Å². The molecule has 4 rings (SSSR count). The van der Waals surface area contributed by atoms with Crippen LogP contribution in [-0.4, -0.2) is 43.8 Å². The van der Waals surface area contributed by atoms with Gasteiger partial charge >= 0.3 is 16.5 Å². The molecule has 0 aliphatic heterocycles. The number of hydrogen-bond donors (Lipinski definition) is 4. The third kappa shape index (κ3) is 15.6. The Labute approximate surface area is 335 Å². The Bertz CT molecular complexity index is 1860. The Morgan fingerprint density at radius 2 is 0.873 bits per heavy atom. The van der Waals surface area contributed by atoms with Crippen LogP contribution in [0.1, 0.15) is 119 Å². The van der Waals surface area contributed by atoms with Gasteiger partial charge in [-0.25, -0.2) is 0 Å². The Balaban J connectivity index is 0.000000494. The van der Waals surface area contributed by atoms with Gasteiger partial charge in [0.05, 0.1) is 34.7 Å². The molecule has 0 unspecified atom stereocenters. The quantitative estimate of drug-likeness (QED) is 0.0449. The van der Waals surface area contributed by atoms with E-state index in [1.54, 1.807) is 0 Å². The Hall–Kier alpha value is -5.15. The van der Waals surface area contributed by atoms with Crippen LogP contribution < -0.4 is 10.2 Å². The second-order valence-electron chi connectivity index (χ2n) is 13.5. The minimum atomic E-state index is -1.50. The molecular formula is C44H54N2NiO8. The number of carboxylic acid groups (broad SMARTS) is 2. The summed E-state index contributed by atoms with van der Waals surface area (Å²) in [4.78, 5) is 31.1. The minimum Gasteiger partial charge on any atom is -0.545 e. The van der Waals surface area contributed by atoms with Crippen molar-refractivity contribution >= 4 is 34.7 Å². The number of aliphatic imine (C=N–C) groups is 2. The van der Waals surface area contributed by atoms with E-state index >= 15 is 0 Å². The molecule has 0 aliphatic rings. The molecule has 0 atom stereocenters. The number of aromatic hydroxyl groups is 4. The van der Waals surface area contributed by atoms with E-state index in [-0.39, 0.29) is 27.6 Å². The first kappa shape index (κ1) is 47.9. The molecule has 0 aromatic heterocycles. The number of carboxylic acids is 2. The number of phenols is 4. The maximum absolute atomic E-state index is 10.4. The third-order valence-corrected chi connectivity index (χ3v) is 8.45. The van der Waals surface area contributed by atoms with E-state index in [1.165, 1.54) is 98.2 Å². The van der Waals surface area contributed by atoms with Crippen LogP contribution in [0.15, 0.2) is 70.6 Å². The van der Waals surface area contributed by atoms with Gasteiger partial charge in [0.1, 0.15) is 0 Å². The molecule has 4 N–H and O–H groups in total. The van der Waals surface area contributed by atoms with Crippen LogP contribution in [0.2, 0.25) is 0 Å². The number of rotatable bonds is 13. The summed E-state index contributed by atoms with van der Waals surface area (Å²) in [5, 5.41) is 56.8. The number of hydrogen-bond acceptors (Lipinski definition) is 10. The van der Waals surface area contributed by atoms with Gasteiger partial charge in [-0.05, 0) is 137 Å². The number of aryl methyl sites for hydroxylation is 6. The van der Waals surface area contributed by atoms with Gasteiger partial charge in [0.25, 0.3) is 0 Å².